The molecule has 0 spiro atoms. The Balaban J connectivity index is 2.24. The predicted octanol–water partition coefficient (Wildman–Crippen LogP) is 2.28. The average Bonchev–Trinajstić information content (AvgIpc) is 2.39. The second-order valence-electron chi connectivity index (χ2n) is 4.44. The van der Waals surface area contributed by atoms with Crippen molar-refractivity contribution in [1.29, 1.82) is 0 Å². The van der Waals surface area contributed by atoms with E-state index in [0.29, 0.717) is 0 Å². The van der Waals surface area contributed by atoms with Crippen LogP contribution in [0.2, 0.25) is 0 Å². The Morgan fingerprint density at radius 3 is 2.58 bits per heavy atom. The molecule has 0 aliphatic rings. The molecule has 0 aliphatic heterocycles. The molecule has 2 rings (SSSR count). The van der Waals surface area contributed by atoms with Crippen LogP contribution in [0.25, 0.3) is 10.8 Å². The highest BCUT2D eigenvalue weighted by molar-refractivity contribution is 5.88. The first kappa shape index (κ1) is 13.5. The largest absolute Gasteiger partial charge is 0.480 e. The highest BCUT2D eigenvalue weighted by Gasteiger charge is 2.12. The third kappa shape index (κ3) is 3.10. The number of carboxylic acid groups (broad SMARTS) is 1. The molecule has 0 aliphatic carbocycles. The number of aliphatic hydroxyl groups is 1. The van der Waals surface area contributed by atoms with Gasteiger partial charge in [-0.1, -0.05) is 36.4 Å². The zero-order valence-corrected chi connectivity index (χ0v) is 10.7. The molecule has 0 heterocycles. The fourth-order valence-corrected chi connectivity index (χ4v) is 2.11. The molecule has 2 N–H and O–H groups in total. The lowest BCUT2D eigenvalue weighted by Gasteiger charge is -2.14. The van der Waals surface area contributed by atoms with E-state index < -0.39 is 18.7 Å². The minimum Gasteiger partial charge on any atom is -0.480 e. The lowest BCUT2D eigenvalue weighted by Crippen LogP contribution is -2.13. The molecular formula is C15H16O4. The van der Waals surface area contributed by atoms with Gasteiger partial charge in [0.25, 0.3) is 0 Å². The molecule has 100 valence electrons. The van der Waals surface area contributed by atoms with Gasteiger partial charge in [0.15, 0.2) is 0 Å². The van der Waals surface area contributed by atoms with Crippen LogP contribution in [0.4, 0.5) is 0 Å². The van der Waals surface area contributed by atoms with Crippen molar-refractivity contribution < 1.29 is 19.7 Å². The highest BCUT2D eigenvalue weighted by atomic mass is 16.5. The van der Waals surface area contributed by atoms with Crippen LogP contribution in [0.1, 0.15) is 17.2 Å². The van der Waals surface area contributed by atoms with Crippen LogP contribution in [0, 0.1) is 6.92 Å². The Morgan fingerprint density at radius 1 is 1.21 bits per heavy atom. The Hall–Kier alpha value is -1.91. The van der Waals surface area contributed by atoms with Crippen LogP contribution in [0.5, 0.6) is 0 Å². The minimum atomic E-state index is -1.04. The molecule has 19 heavy (non-hydrogen) atoms. The van der Waals surface area contributed by atoms with Crippen LogP contribution < -0.4 is 0 Å². The lowest BCUT2D eigenvalue weighted by atomic mass is 9.97. The van der Waals surface area contributed by atoms with Gasteiger partial charge in [0.05, 0.1) is 6.61 Å². The maximum Gasteiger partial charge on any atom is 0.329 e. The van der Waals surface area contributed by atoms with Gasteiger partial charge in [-0.3, -0.25) is 0 Å². The van der Waals surface area contributed by atoms with Crippen LogP contribution in [-0.4, -0.2) is 29.4 Å². The maximum absolute atomic E-state index is 10.4. The summed E-state index contributed by atoms with van der Waals surface area (Å²) in [5.41, 5.74) is 1.89. The molecule has 2 aromatic rings. The molecule has 0 saturated heterocycles. The van der Waals surface area contributed by atoms with E-state index in [1.54, 1.807) is 0 Å². The van der Waals surface area contributed by atoms with Crippen molar-refractivity contribution in [3.63, 3.8) is 0 Å². The van der Waals surface area contributed by atoms with Crippen molar-refractivity contribution in [2.45, 2.75) is 13.0 Å². The SMILES string of the molecule is Cc1ccc(C(O)COCC(=O)O)c2ccccc12. The van der Waals surface area contributed by atoms with Gasteiger partial charge in [-0.25, -0.2) is 4.79 Å². The second kappa shape index (κ2) is 5.82. The first-order chi connectivity index (χ1) is 9.09. The van der Waals surface area contributed by atoms with Crippen molar-refractivity contribution in [3.05, 3.63) is 47.5 Å². The van der Waals surface area contributed by atoms with Gasteiger partial charge in [0.2, 0.25) is 0 Å². The number of rotatable bonds is 5. The number of ether oxygens (including phenoxy) is 1. The predicted molar refractivity (Wildman–Crippen MR) is 72.1 cm³/mol. The summed E-state index contributed by atoms with van der Waals surface area (Å²) in [6.07, 6.45) is -0.829. The first-order valence-corrected chi connectivity index (χ1v) is 6.05. The number of carbonyl (C=O) groups is 1. The van der Waals surface area contributed by atoms with E-state index in [-0.39, 0.29) is 6.61 Å². The molecule has 0 fully saturated rings. The molecule has 0 amide bonds. The third-order valence-corrected chi connectivity index (χ3v) is 3.04. The zero-order chi connectivity index (χ0) is 13.8. The maximum atomic E-state index is 10.4. The zero-order valence-electron chi connectivity index (χ0n) is 10.7. The molecule has 1 unspecified atom stereocenters. The molecule has 0 aromatic heterocycles. The quantitative estimate of drug-likeness (QED) is 0.865. The number of fused-ring (bicyclic) bond motifs is 1. The molecular weight excluding hydrogens is 244 g/mol. The summed E-state index contributed by atoms with van der Waals surface area (Å²) in [5, 5.41) is 20.7. The van der Waals surface area contributed by atoms with E-state index in [1.165, 1.54) is 0 Å². The Labute approximate surface area is 111 Å². The molecule has 0 saturated carbocycles. The van der Waals surface area contributed by atoms with Crippen LogP contribution in [0.15, 0.2) is 36.4 Å². The molecule has 2 aromatic carbocycles. The lowest BCUT2D eigenvalue weighted by molar-refractivity contribution is -0.143. The Morgan fingerprint density at radius 2 is 1.89 bits per heavy atom. The van der Waals surface area contributed by atoms with E-state index in [9.17, 15) is 9.90 Å². The van der Waals surface area contributed by atoms with E-state index >= 15 is 0 Å². The summed E-state index contributed by atoms with van der Waals surface area (Å²) in [6.45, 7) is 1.58. The van der Waals surface area contributed by atoms with Crippen molar-refractivity contribution in [1.82, 2.24) is 0 Å². The summed E-state index contributed by atoms with van der Waals surface area (Å²) < 4.78 is 4.94. The van der Waals surface area contributed by atoms with Crippen molar-refractivity contribution >= 4 is 16.7 Å². The summed E-state index contributed by atoms with van der Waals surface area (Å²) in [5.74, 6) is -1.04. The van der Waals surface area contributed by atoms with Gasteiger partial charge >= 0.3 is 5.97 Å². The molecule has 4 heteroatoms. The molecule has 4 nitrogen and oxygen atoms in total. The first-order valence-electron chi connectivity index (χ1n) is 6.05. The topological polar surface area (TPSA) is 66.8 Å². The summed E-state index contributed by atoms with van der Waals surface area (Å²) in [7, 11) is 0. The normalized spacial score (nSPS) is 12.5. The number of hydrogen-bond acceptors (Lipinski definition) is 3. The van der Waals surface area contributed by atoms with Crippen molar-refractivity contribution in [3.8, 4) is 0 Å². The van der Waals surface area contributed by atoms with Gasteiger partial charge in [0, 0.05) is 0 Å². The Kier molecular flexibility index (Phi) is 4.14. The average molecular weight is 260 g/mol. The van der Waals surface area contributed by atoms with E-state index in [1.807, 2.05) is 43.3 Å². The molecule has 1 atom stereocenters. The standard InChI is InChI=1S/C15H16O4/c1-10-6-7-13(12-5-3-2-4-11(10)12)14(16)8-19-9-15(17)18/h2-7,14,16H,8-9H2,1H3,(H,17,18). The van der Waals surface area contributed by atoms with E-state index in [2.05, 4.69) is 0 Å². The summed E-state index contributed by atoms with van der Waals surface area (Å²) in [6, 6.07) is 11.6. The molecule has 0 radical (unpaired) electrons. The Bertz CT molecular complexity index is 592. The minimum absolute atomic E-state index is 0.0284. The second-order valence-corrected chi connectivity index (χ2v) is 4.44. The number of benzene rings is 2. The van der Waals surface area contributed by atoms with Gasteiger partial charge in [0.1, 0.15) is 12.7 Å². The van der Waals surface area contributed by atoms with E-state index in [0.717, 1.165) is 21.9 Å². The highest BCUT2D eigenvalue weighted by Crippen LogP contribution is 2.27. The van der Waals surface area contributed by atoms with Gasteiger partial charge in [-0.05, 0) is 28.8 Å². The fourth-order valence-electron chi connectivity index (χ4n) is 2.11. The van der Waals surface area contributed by atoms with Crippen molar-refractivity contribution in [2.75, 3.05) is 13.2 Å². The van der Waals surface area contributed by atoms with Gasteiger partial charge in [-0.2, -0.15) is 0 Å². The number of hydrogen-bond donors (Lipinski definition) is 2. The summed E-state index contributed by atoms with van der Waals surface area (Å²) in [4.78, 5) is 10.4. The number of aliphatic hydroxyl groups excluding tert-OH is 1. The molecule has 0 bridgehead atoms. The van der Waals surface area contributed by atoms with Crippen LogP contribution >= 0.6 is 0 Å². The van der Waals surface area contributed by atoms with Crippen molar-refractivity contribution in [2.24, 2.45) is 0 Å². The van der Waals surface area contributed by atoms with Gasteiger partial charge in [-0.15, -0.1) is 0 Å². The summed E-state index contributed by atoms with van der Waals surface area (Å²) >= 11 is 0. The number of carboxylic acids is 1. The number of aryl methyl sites for hydroxylation is 1. The van der Waals surface area contributed by atoms with E-state index in [4.69, 9.17) is 9.84 Å². The van der Waals surface area contributed by atoms with Gasteiger partial charge < -0.3 is 14.9 Å². The monoisotopic (exact) mass is 260 g/mol. The smallest absolute Gasteiger partial charge is 0.329 e. The number of aliphatic carboxylic acids is 1. The van der Waals surface area contributed by atoms with Crippen LogP contribution in [-0.2, 0) is 9.53 Å². The van der Waals surface area contributed by atoms with Crippen LogP contribution in [0.3, 0.4) is 0 Å². The third-order valence-electron chi connectivity index (χ3n) is 3.04. The fraction of sp³-hybridized carbons (Fsp3) is 0.267.